The Hall–Kier alpha value is -2.22. The average molecular weight is 391 g/mol. The molecule has 3 rings (SSSR count). The van der Waals surface area contributed by atoms with Crippen molar-refractivity contribution < 1.29 is 14.3 Å². The highest BCUT2D eigenvalue weighted by molar-refractivity contribution is 7.18. The number of methoxy groups -OCH3 is 1. The first-order chi connectivity index (χ1) is 13.0. The van der Waals surface area contributed by atoms with Gasteiger partial charge >= 0.3 is 5.97 Å². The Labute approximate surface area is 163 Å². The quantitative estimate of drug-likeness (QED) is 0.603. The third kappa shape index (κ3) is 4.37. The Morgan fingerprint density at radius 1 is 1.30 bits per heavy atom. The number of ether oxygens (including phenoxy) is 1. The Bertz CT molecular complexity index is 828. The minimum atomic E-state index is -0.243. The SMILES string of the molecule is COC(=O)CCCNC(=O)C1CCN(c2ncnc3sc(C)c(C)c23)CC1. The molecule has 0 aromatic carbocycles. The summed E-state index contributed by atoms with van der Waals surface area (Å²) in [5, 5.41) is 4.08. The van der Waals surface area contributed by atoms with Gasteiger partial charge in [0.05, 0.1) is 12.5 Å². The van der Waals surface area contributed by atoms with Gasteiger partial charge in [-0.3, -0.25) is 9.59 Å². The molecule has 0 saturated carbocycles. The van der Waals surface area contributed by atoms with Crippen LogP contribution in [0.2, 0.25) is 0 Å². The third-order valence-corrected chi connectivity index (χ3v) is 6.31. The number of esters is 1. The first-order valence-corrected chi connectivity index (χ1v) is 10.1. The van der Waals surface area contributed by atoms with E-state index in [0.29, 0.717) is 19.4 Å². The molecule has 0 aliphatic carbocycles. The molecule has 2 aromatic heterocycles. The van der Waals surface area contributed by atoms with Crippen LogP contribution in [-0.2, 0) is 14.3 Å². The molecular weight excluding hydrogens is 364 g/mol. The summed E-state index contributed by atoms with van der Waals surface area (Å²) >= 11 is 1.70. The predicted octanol–water partition coefficient (Wildman–Crippen LogP) is 2.59. The van der Waals surface area contributed by atoms with Gasteiger partial charge in [-0.25, -0.2) is 9.97 Å². The minimum Gasteiger partial charge on any atom is -0.469 e. The number of nitrogens with one attached hydrogen (secondary N) is 1. The van der Waals surface area contributed by atoms with Gasteiger partial charge in [0.15, 0.2) is 0 Å². The van der Waals surface area contributed by atoms with Crippen LogP contribution in [0, 0.1) is 19.8 Å². The number of hydrogen-bond acceptors (Lipinski definition) is 7. The topological polar surface area (TPSA) is 84.4 Å². The van der Waals surface area contributed by atoms with Gasteiger partial charge in [-0.1, -0.05) is 0 Å². The van der Waals surface area contributed by atoms with Crippen LogP contribution in [0.25, 0.3) is 10.2 Å². The zero-order chi connectivity index (χ0) is 19.4. The van der Waals surface area contributed by atoms with E-state index >= 15 is 0 Å². The molecule has 7 nitrogen and oxygen atoms in total. The fraction of sp³-hybridized carbons (Fsp3) is 0.579. The number of thiophene rings is 1. The van der Waals surface area contributed by atoms with E-state index in [1.807, 2.05) is 0 Å². The Morgan fingerprint density at radius 3 is 2.74 bits per heavy atom. The molecule has 1 aliphatic rings. The van der Waals surface area contributed by atoms with E-state index in [4.69, 9.17) is 0 Å². The van der Waals surface area contributed by atoms with E-state index in [1.165, 1.54) is 17.6 Å². The summed E-state index contributed by atoms with van der Waals surface area (Å²) in [6, 6.07) is 0. The van der Waals surface area contributed by atoms with Crippen LogP contribution in [0.5, 0.6) is 0 Å². The molecule has 0 atom stereocenters. The number of rotatable bonds is 6. The van der Waals surface area contributed by atoms with Gasteiger partial charge in [0.2, 0.25) is 5.91 Å². The zero-order valence-electron chi connectivity index (χ0n) is 16.1. The van der Waals surface area contributed by atoms with Crippen LogP contribution in [0.15, 0.2) is 6.33 Å². The summed E-state index contributed by atoms with van der Waals surface area (Å²) in [5.74, 6) is 0.836. The highest BCUT2D eigenvalue weighted by Crippen LogP contribution is 2.35. The van der Waals surface area contributed by atoms with Gasteiger partial charge in [-0.2, -0.15) is 0 Å². The van der Waals surface area contributed by atoms with Crippen molar-refractivity contribution in [1.29, 1.82) is 0 Å². The summed E-state index contributed by atoms with van der Waals surface area (Å²) in [6.45, 7) is 6.35. The molecule has 0 unspecified atom stereocenters. The van der Waals surface area contributed by atoms with Gasteiger partial charge in [0.1, 0.15) is 17.0 Å². The lowest BCUT2D eigenvalue weighted by Gasteiger charge is -2.32. The lowest BCUT2D eigenvalue weighted by Crippen LogP contribution is -2.41. The minimum absolute atomic E-state index is 0.0158. The van der Waals surface area contributed by atoms with Crippen LogP contribution >= 0.6 is 11.3 Å². The van der Waals surface area contributed by atoms with Crippen LogP contribution in [0.1, 0.15) is 36.1 Å². The van der Waals surface area contributed by atoms with Gasteiger partial charge in [-0.15, -0.1) is 11.3 Å². The van der Waals surface area contributed by atoms with Crippen molar-refractivity contribution in [3.63, 3.8) is 0 Å². The highest BCUT2D eigenvalue weighted by atomic mass is 32.1. The number of aromatic nitrogens is 2. The fourth-order valence-electron chi connectivity index (χ4n) is 3.45. The molecule has 2 aromatic rings. The highest BCUT2D eigenvalue weighted by Gasteiger charge is 2.27. The summed E-state index contributed by atoms with van der Waals surface area (Å²) in [4.78, 5) is 37.0. The number of hydrogen-bond donors (Lipinski definition) is 1. The second-order valence-corrected chi connectivity index (χ2v) is 8.10. The second kappa shape index (κ2) is 8.65. The third-order valence-electron chi connectivity index (χ3n) is 5.20. The maximum absolute atomic E-state index is 12.4. The molecular formula is C19H26N4O3S. The monoisotopic (exact) mass is 390 g/mol. The average Bonchev–Trinajstić information content (AvgIpc) is 2.99. The number of piperidine rings is 1. The first-order valence-electron chi connectivity index (χ1n) is 9.31. The lowest BCUT2D eigenvalue weighted by molar-refractivity contribution is -0.140. The van der Waals surface area contributed by atoms with E-state index in [2.05, 4.69) is 38.8 Å². The molecule has 1 N–H and O–H groups in total. The molecule has 1 aliphatic heterocycles. The van der Waals surface area contributed by atoms with Crippen molar-refractivity contribution in [3.8, 4) is 0 Å². The van der Waals surface area contributed by atoms with Crippen LogP contribution in [-0.4, -0.2) is 48.6 Å². The van der Waals surface area contributed by atoms with Crippen molar-refractivity contribution in [1.82, 2.24) is 15.3 Å². The smallest absolute Gasteiger partial charge is 0.305 e. The number of carbonyl (C=O) groups excluding carboxylic acids is 2. The van der Waals surface area contributed by atoms with Crippen molar-refractivity contribution in [3.05, 3.63) is 16.8 Å². The number of fused-ring (bicyclic) bond motifs is 1. The van der Waals surface area contributed by atoms with E-state index in [-0.39, 0.29) is 17.8 Å². The molecule has 146 valence electrons. The van der Waals surface area contributed by atoms with Gasteiger partial charge in [-0.05, 0) is 38.7 Å². The van der Waals surface area contributed by atoms with E-state index in [9.17, 15) is 9.59 Å². The van der Waals surface area contributed by atoms with E-state index in [1.54, 1.807) is 17.7 Å². The standard InChI is InChI=1S/C19H26N4O3S/c1-12-13(2)27-19-16(12)17(21-11-22-19)23-9-6-14(7-10-23)18(25)20-8-4-5-15(24)26-3/h11,14H,4-10H2,1-3H3,(H,20,25). The van der Waals surface area contributed by atoms with Crippen molar-refractivity contribution in [2.45, 2.75) is 39.5 Å². The second-order valence-electron chi connectivity index (χ2n) is 6.89. The zero-order valence-corrected chi connectivity index (χ0v) is 16.9. The lowest BCUT2D eigenvalue weighted by atomic mass is 9.95. The number of aryl methyl sites for hydroxylation is 2. The first kappa shape index (κ1) is 19.5. The van der Waals surface area contributed by atoms with Crippen molar-refractivity contribution in [2.75, 3.05) is 31.6 Å². The summed E-state index contributed by atoms with van der Waals surface area (Å²) in [7, 11) is 1.37. The number of nitrogens with zero attached hydrogens (tertiary/aromatic N) is 3. The van der Waals surface area contributed by atoms with Crippen molar-refractivity contribution in [2.24, 2.45) is 5.92 Å². The van der Waals surface area contributed by atoms with Crippen LogP contribution in [0.4, 0.5) is 5.82 Å². The predicted molar refractivity (Wildman–Crippen MR) is 106 cm³/mol. The largest absolute Gasteiger partial charge is 0.469 e. The fourth-order valence-corrected chi connectivity index (χ4v) is 4.44. The molecule has 1 fully saturated rings. The Kier molecular flexibility index (Phi) is 6.26. The summed E-state index contributed by atoms with van der Waals surface area (Å²) in [5.41, 5.74) is 1.25. The van der Waals surface area contributed by atoms with E-state index in [0.717, 1.165) is 42.0 Å². The van der Waals surface area contributed by atoms with Gasteiger partial charge in [0.25, 0.3) is 0 Å². The normalized spacial score (nSPS) is 15.1. The van der Waals surface area contributed by atoms with Crippen LogP contribution < -0.4 is 10.2 Å². The number of anilines is 1. The number of carbonyl (C=O) groups is 2. The number of amides is 1. The molecule has 27 heavy (non-hydrogen) atoms. The Balaban J connectivity index is 1.55. The van der Waals surface area contributed by atoms with Gasteiger partial charge < -0.3 is 15.0 Å². The van der Waals surface area contributed by atoms with Crippen LogP contribution in [0.3, 0.4) is 0 Å². The molecule has 8 heteroatoms. The maximum atomic E-state index is 12.4. The summed E-state index contributed by atoms with van der Waals surface area (Å²) in [6.07, 6.45) is 4.17. The van der Waals surface area contributed by atoms with Gasteiger partial charge in [0, 0.05) is 36.9 Å². The molecule has 1 saturated heterocycles. The molecule has 0 radical (unpaired) electrons. The summed E-state index contributed by atoms with van der Waals surface area (Å²) < 4.78 is 4.60. The molecule has 0 bridgehead atoms. The van der Waals surface area contributed by atoms with E-state index < -0.39 is 0 Å². The van der Waals surface area contributed by atoms with Crippen molar-refractivity contribution >= 4 is 39.2 Å². The molecule has 1 amide bonds. The maximum Gasteiger partial charge on any atom is 0.305 e. The molecule has 0 spiro atoms. The Morgan fingerprint density at radius 2 is 2.04 bits per heavy atom. The molecule has 3 heterocycles.